The van der Waals surface area contributed by atoms with Gasteiger partial charge in [-0.2, -0.15) is 0 Å². The fourth-order valence-electron chi connectivity index (χ4n) is 1.71. The molecule has 0 bridgehead atoms. The van der Waals surface area contributed by atoms with Crippen molar-refractivity contribution in [3.63, 3.8) is 0 Å². The molecule has 0 radical (unpaired) electrons. The fourth-order valence-corrected chi connectivity index (χ4v) is 2.40. The summed E-state index contributed by atoms with van der Waals surface area (Å²) < 4.78 is 0.632. The smallest absolute Gasteiger partial charge is 0.282 e. The SMILES string of the molecule is CN(Cc1ccccn1)c1ccc([N+](=O)[O-])c(I)c1. The van der Waals surface area contributed by atoms with Crippen LogP contribution in [0.15, 0.2) is 42.6 Å². The molecule has 2 aromatic rings. The summed E-state index contributed by atoms with van der Waals surface area (Å²) >= 11 is 1.98. The average Bonchev–Trinajstić information content (AvgIpc) is 2.39. The maximum atomic E-state index is 10.8. The van der Waals surface area contributed by atoms with Crippen LogP contribution >= 0.6 is 22.6 Å². The van der Waals surface area contributed by atoms with E-state index >= 15 is 0 Å². The highest BCUT2D eigenvalue weighted by atomic mass is 127. The summed E-state index contributed by atoms with van der Waals surface area (Å²) in [6, 6.07) is 10.9. The predicted octanol–water partition coefficient (Wildman–Crippen LogP) is 3.23. The van der Waals surface area contributed by atoms with Crippen molar-refractivity contribution in [2.45, 2.75) is 6.54 Å². The molecule has 5 nitrogen and oxygen atoms in total. The summed E-state index contributed by atoms with van der Waals surface area (Å²) in [6.07, 6.45) is 1.75. The lowest BCUT2D eigenvalue weighted by molar-refractivity contribution is -0.385. The minimum absolute atomic E-state index is 0.135. The second-order valence-electron chi connectivity index (χ2n) is 4.07. The zero-order chi connectivity index (χ0) is 13.8. The molecular weight excluding hydrogens is 357 g/mol. The first-order valence-corrected chi connectivity index (χ1v) is 6.71. The molecule has 0 aliphatic carbocycles. The van der Waals surface area contributed by atoms with Gasteiger partial charge in [0.1, 0.15) is 0 Å². The first-order chi connectivity index (χ1) is 9.08. The van der Waals surface area contributed by atoms with Gasteiger partial charge in [0.2, 0.25) is 0 Å². The van der Waals surface area contributed by atoms with Crippen LogP contribution in [0.2, 0.25) is 0 Å². The van der Waals surface area contributed by atoms with Gasteiger partial charge in [-0.1, -0.05) is 6.07 Å². The summed E-state index contributed by atoms with van der Waals surface area (Å²) in [5.74, 6) is 0. The zero-order valence-corrected chi connectivity index (χ0v) is 12.4. The van der Waals surface area contributed by atoms with Crippen LogP contribution in [-0.4, -0.2) is 17.0 Å². The minimum atomic E-state index is -0.371. The standard InChI is InChI=1S/C13H12IN3O2/c1-16(9-10-4-2-3-7-15-10)11-5-6-13(17(18)19)12(14)8-11/h2-8H,9H2,1H3. The number of hydrogen-bond donors (Lipinski definition) is 0. The number of nitro benzene ring substituents is 1. The Bertz CT molecular complexity index is 590. The first-order valence-electron chi connectivity index (χ1n) is 5.63. The van der Waals surface area contributed by atoms with Gasteiger partial charge in [0, 0.05) is 25.0 Å². The fraction of sp³-hybridized carbons (Fsp3) is 0.154. The Kier molecular flexibility index (Phi) is 4.31. The second kappa shape index (κ2) is 5.96. The van der Waals surface area contributed by atoms with E-state index in [1.165, 1.54) is 6.07 Å². The van der Waals surface area contributed by atoms with Crippen molar-refractivity contribution in [1.29, 1.82) is 0 Å². The van der Waals surface area contributed by atoms with E-state index < -0.39 is 0 Å². The third-order valence-corrected chi connectivity index (χ3v) is 3.56. The normalized spacial score (nSPS) is 10.2. The Balaban J connectivity index is 2.18. The van der Waals surface area contributed by atoms with Crippen LogP contribution in [0.4, 0.5) is 11.4 Å². The number of hydrogen-bond acceptors (Lipinski definition) is 4. The number of benzene rings is 1. The molecule has 0 saturated carbocycles. The summed E-state index contributed by atoms with van der Waals surface area (Å²) in [4.78, 5) is 16.7. The molecule has 19 heavy (non-hydrogen) atoms. The molecule has 1 aromatic carbocycles. The molecule has 0 amide bonds. The van der Waals surface area contributed by atoms with E-state index in [0.29, 0.717) is 10.1 Å². The van der Waals surface area contributed by atoms with Gasteiger partial charge in [0.25, 0.3) is 5.69 Å². The summed E-state index contributed by atoms with van der Waals surface area (Å²) in [5, 5.41) is 10.8. The number of nitrogens with zero attached hydrogens (tertiary/aromatic N) is 3. The lowest BCUT2D eigenvalue weighted by Gasteiger charge is -2.19. The molecule has 1 heterocycles. The van der Waals surface area contributed by atoms with E-state index in [4.69, 9.17) is 0 Å². The van der Waals surface area contributed by atoms with Gasteiger partial charge >= 0.3 is 0 Å². The van der Waals surface area contributed by atoms with Crippen molar-refractivity contribution in [2.75, 3.05) is 11.9 Å². The summed E-state index contributed by atoms with van der Waals surface area (Å²) in [5.41, 5.74) is 2.02. The van der Waals surface area contributed by atoms with E-state index in [9.17, 15) is 10.1 Å². The maximum absolute atomic E-state index is 10.8. The lowest BCUT2D eigenvalue weighted by Crippen LogP contribution is -2.17. The number of anilines is 1. The maximum Gasteiger partial charge on any atom is 0.282 e. The molecule has 0 fully saturated rings. The summed E-state index contributed by atoms with van der Waals surface area (Å²) in [7, 11) is 1.94. The van der Waals surface area contributed by atoms with Gasteiger partial charge in [-0.15, -0.1) is 0 Å². The molecule has 0 N–H and O–H groups in total. The highest BCUT2D eigenvalue weighted by molar-refractivity contribution is 14.1. The van der Waals surface area contributed by atoms with Gasteiger partial charge in [-0.05, 0) is 46.9 Å². The summed E-state index contributed by atoms with van der Waals surface area (Å²) in [6.45, 7) is 0.661. The number of pyridine rings is 1. The van der Waals surface area contributed by atoms with Crippen molar-refractivity contribution in [3.05, 3.63) is 62.0 Å². The van der Waals surface area contributed by atoms with Crippen LogP contribution in [0.5, 0.6) is 0 Å². The highest BCUT2D eigenvalue weighted by Gasteiger charge is 2.13. The van der Waals surface area contributed by atoms with Gasteiger partial charge in [-0.3, -0.25) is 15.1 Å². The van der Waals surface area contributed by atoms with Crippen LogP contribution in [0, 0.1) is 13.7 Å². The topological polar surface area (TPSA) is 59.3 Å². The highest BCUT2D eigenvalue weighted by Crippen LogP contribution is 2.26. The predicted molar refractivity (Wildman–Crippen MR) is 82.2 cm³/mol. The molecule has 98 valence electrons. The van der Waals surface area contributed by atoms with E-state index in [-0.39, 0.29) is 10.6 Å². The molecule has 0 saturated heterocycles. The van der Waals surface area contributed by atoms with Crippen LogP contribution < -0.4 is 4.90 Å². The van der Waals surface area contributed by atoms with Crippen molar-refractivity contribution < 1.29 is 4.92 Å². The van der Waals surface area contributed by atoms with Gasteiger partial charge in [-0.25, -0.2) is 0 Å². The van der Waals surface area contributed by atoms with E-state index in [1.54, 1.807) is 12.3 Å². The van der Waals surface area contributed by atoms with Crippen LogP contribution in [0.25, 0.3) is 0 Å². The Labute approximate surface area is 124 Å². The average molecular weight is 369 g/mol. The number of rotatable bonds is 4. The largest absolute Gasteiger partial charge is 0.369 e. The monoisotopic (exact) mass is 369 g/mol. The minimum Gasteiger partial charge on any atom is -0.369 e. The Morgan fingerprint density at radius 3 is 2.74 bits per heavy atom. The van der Waals surface area contributed by atoms with E-state index in [2.05, 4.69) is 4.98 Å². The molecule has 2 rings (SSSR count). The molecule has 0 aliphatic rings. The molecule has 6 heteroatoms. The van der Waals surface area contributed by atoms with Gasteiger partial charge in [0.15, 0.2) is 0 Å². The van der Waals surface area contributed by atoms with Crippen LogP contribution in [0.1, 0.15) is 5.69 Å². The quantitative estimate of drug-likeness (QED) is 0.472. The molecule has 1 aromatic heterocycles. The Morgan fingerprint density at radius 1 is 1.37 bits per heavy atom. The third kappa shape index (κ3) is 3.40. The number of halogens is 1. The van der Waals surface area contributed by atoms with E-state index in [0.717, 1.165) is 11.4 Å². The van der Waals surface area contributed by atoms with Crippen LogP contribution in [-0.2, 0) is 6.54 Å². The molecule has 0 unspecified atom stereocenters. The van der Waals surface area contributed by atoms with Crippen molar-refractivity contribution in [1.82, 2.24) is 4.98 Å². The molecule has 0 spiro atoms. The lowest BCUT2D eigenvalue weighted by atomic mass is 10.2. The number of aromatic nitrogens is 1. The molecule has 0 atom stereocenters. The van der Waals surface area contributed by atoms with Crippen molar-refractivity contribution in [3.8, 4) is 0 Å². The van der Waals surface area contributed by atoms with Crippen molar-refractivity contribution in [2.24, 2.45) is 0 Å². The number of nitro groups is 1. The first kappa shape index (κ1) is 13.7. The third-order valence-electron chi connectivity index (χ3n) is 2.69. The molecular formula is C13H12IN3O2. The van der Waals surface area contributed by atoms with Crippen molar-refractivity contribution >= 4 is 34.0 Å². The van der Waals surface area contributed by atoms with Gasteiger partial charge in [0.05, 0.1) is 20.7 Å². The second-order valence-corrected chi connectivity index (χ2v) is 5.23. The van der Waals surface area contributed by atoms with Crippen LogP contribution in [0.3, 0.4) is 0 Å². The molecule has 0 aliphatic heterocycles. The van der Waals surface area contributed by atoms with E-state index in [1.807, 2.05) is 58.8 Å². The Morgan fingerprint density at radius 2 is 2.16 bits per heavy atom. The van der Waals surface area contributed by atoms with Gasteiger partial charge < -0.3 is 4.90 Å². The Hall–Kier alpha value is -1.70. The zero-order valence-electron chi connectivity index (χ0n) is 10.3.